The van der Waals surface area contributed by atoms with Crippen LogP contribution in [0.2, 0.25) is 0 Å². The fraction of sp³-hybridized carbons (Fsp3) is 0.167. The minimum absolute atomic E-state index is 0. The summed E-state index contributed by atoms with van der Waals surface area (Å²) in [6.45, 7) is 1.81. The summed E-state index contributed by atoms with van der Waals surface area (Å²) >= 11 is 3.03. The molecule has 1 aromatic rings. The van der Waals surface area contributed by atoms with E-state index in [9.17, 15) is 4.39 Å². The predicted molar refractivity (Wildman–Crippen MR) is 47.0 cm³/mol. The first-order valence-corrected chi connectivity index (χ1v) is 3.27. The predicted octanol–water partition coefficient (Wildman–Crippen LogP) is 2.87. The maximum Gasteiger partial charge on any atom is 0.155 e. The molecule has 0 atom stereocenters. The summed E-state index contributed by atoms with van der Waals surface area (Å²) in [5, 5.41) is 0. The van der Waals surface area contributed by atoms with Crippen molar-refractivity contribution in [2.24, 2.45) is 0 Å². The van der Waals surface area contributed by atoms with E-state index in [0.29, 0.717) is 4.47 Å². The van der Waals surface area contributed by atoms with Crippen molar-refractivity contribution in [2.45, 2.75) is 6.92 Å². The average molecular weight is 271 g/mol. The van der Waals surface area contributed by atoms with Crippen LogP contribution in [0.3, 0.4) is 0 Å². The molecule has 4 heteroatoms. The van der Waals surface area contributed by atoms with Gasteiger partial charge in [-0.15, -0.1) is 17.0 Å². The Morgan fingerprint density at radius 1 is 1.60 bits per heavy atom. The van der Waals surface area contributed by atoms with E-state index in [1.165, 1.54) is 6.20 Å². The van der Waals surface area contributed by atoms with Crippen LogP contribution in [-0.2, 0) is 0 Å². The van der Waals surface area contributed by atoms with Gasteiger partial charge in [0.1, 0.15) is 0 Å². The van der Waals surface area contributed by atoms with Gasteiger partial charge in [-0.2, -0.15) is 0 Å². The van der Waals surface area contributed by atoms with Gasteiger partial charge in [-0.3, -0.25) is 4.98 Å². The smallest absolute Gasteiger partial charge is 0.155 e. The SMILES string of the molecule is Br.Cc1cc(Br)c(F)cn1. The summed E-state index contributed by atoms with van der Waals surface area (Å²) in [7, 11) is 0. The normalized spacial score (nSPS) is 8.70. The molecule has 1 heterocycles. The Hall–Kier alpha value is 0.0400. The second kappa shape index (κ2) is 4.03. The molecule has 56 valence electrons. The first-order valence-electron chi connectivity index (χ1n) is 2.48. The van der Waals surface area contributed by atoms with Crippen LogP contribution in [0.15, 0.2) is 16.7 Å². The van der Waals surface area contributed by atoms with Gasteiger partial charge in [-0.1, -0.05) is 0 Å². The monoisotopic (exact) mass is 269 g/mol. The molecule has 0 unspecified atom stereocenters. The Balaban J connectivity index is 0.000000810. The van der Waals surface area contributed by atoms with Gasteiger partial charge in [0.05, 0.1) is 10.7 Å². The molecule has 0 fully saturated rings. The summed E-state index contributed by atoms with van der Waals surface area (Å²) in [5.41, 5.74) is 0.809. The Morgan fingerprint density at radius 2 is 2.20 bits per heavy atom. The van der Waals surface area contributed by atoms with Crippen LogP contribution in [0.1, 0.15) is 5.69 Å². The Bertz CT molecular complexity index is 227. The van der Waals surface area contributed by atoms with E-state index in [1.54, 1.807) is 6.07 Å². The van der Waals surface area contributed by atoms with Crippen molar-refractivity contribution >= 4 is 32.9 Å². The quantitative estimate of drug-likeness (QED) is 0.707. The maximum absolute atomic E-state index is 12.4. The van der Waals surface area contributed by atoms with Crippen LogP contribution in [0.4, 0.5) is 4.39 Å². The van der Waals surface area contributed by atoms with Gasteiger partial charge in [-0.05, 0) is 28.9 Å². The summed E-state index contributed by atoms with van der Waals surface area (Å²) in [5.74, 6) is -0.319. The second-order valence-corrected chi connectivity index (χ2v) is 2.59. The first-order chi connectivity index (χ1) is 4.20. The molecule has 1 nitrogen and oxygen atoms in total. The molecule has 0 bridgehead atoms. The molecular formula is C6H6Br2FN. The molecule has 10 heavy (non-hydrogen) atoms. The molecule has 0 aliphatic heterocycles. The largest absolute Gasteiger partial charge is 0.258 e. The van der Waals surface area contributed by atoms with Crippen molar-refractivity contribution in [1.29, 1.82) is 0 Å². The van der Waals surface area contributed by atoms with Gasteiger partial charge in [-0.25, -0.2) is 4.39 Å². The van der Waals surface area contributed by atoms with Gasteiger partial charge in [0, 0.05) is 5.69 Å². The van der Waals surface area contributed by atoms with Gasteiger partial charge in [0.15, 0.2) is 5.82 Å². The third kappa shape index (κ3) is 2.34. The highest BCUT2D eigenvalue weighted by Gasteiger charge is 1.96. The minimum atomic E-state index is -0.319. The highest BCUT2D eigenvalue weighted by Crippen LogP contribution is 2.13. The number of aromatic nitrogens is 1. The lowest BCUT2D eigenvalue weighted by atomic mass is 10.4. The number of pyridine rings is 1. The van der Waals surface area contributed by atoms with Crippen molar-refractivity contribution in [1.82, 2.24) is 4.98 Å². The number of rotatable bonds is 0. The number of hydrogen-bond donors (Lipinski definition) is 0. The summed E-state index contributed by atoms with van der Waals surface area (Å²) in [6.07, 6.45) is 1.19. The van der Waals surface area contributed by atoms with Crippen molar-refractivity contribution in [3.63, 3.8) is 0 Å². The zero-order valence-electron chi connectivity index (χ0n) is 5.27. The van der Waals surface area contributed by atoms with Gasteiger partial charge in [0.2, 0.25) is 0 Å². The molecule has 0 N–H and O–H groups in total. The van der Waals surface area contributed by atoms with Crippen molar-refractivity contribution < 1.29 is 4.39 Å². The highest BCUT2D eigenvalue weighted by atomic mass is 79.9. The number of halogens is 3. The molecule has 0 saturated carbocycles. The Morgan fingerprint density at radius 3 is 2.60 bits per heavy atom. The third-order valence-electron chi connectivity index (χ3n) is 0.945. The van der Waals surface area contributed by atoms with Crippen LogP contribution in [0.5, 0.6) is 0 Å². The zero-order valence-corrected chi connectivity index (χ0v) is 8.57. The van der Waals surface area contributed by atoms with Gasteiger partial charge < -0.3 is 0 Å². The molecule has 0 spiro atoms. The zero-order chi connectivity index (χ0) is 6.85. The Labute approximate surface area is 77.6 Å². The van der Waals surface area contributed by atoms with E-state index in [0.717, 1.165) is 5.69 Å². The van der Waals surface area contributed by atoms with Crippen LogP contribution < -0.4 is 0 Å². The molecule has 0 aromatic carbocycles. The van der Waals surface area contributed by atoms with E-state index in [1.807, 2.05) is 6.92 Å². The minimum Gasteiger partial charge on any atom is -0.258 e. The van der Waals surface area contributed by atoms with Crippen molar-refractivity contribution in [3.05, 3.63) is 28.2 Å². The molecule has 0 amide bonds. The Kier molecular flexibility index (Phi) is 4.05. The molecule has 0 saturated heterocycles. The maximum atomic E-state index is 12.4. The lowest BCUT2D eigenvalue weighted by Gasteiger charge is -1.92. The summed E-state index contributed by atoms with van der Waals surface area (Å²) in [6, 6.07) is 1.63. The molecule has 0 aliphatic carbocycles. The van der Waals surface area contributed by atoms with Crippen LogP contribution in [0, 0.1) is 12.7 Å². The van der Waals surface area contributed by atoms with E-state index >= 15 is 0 Å². The summed E-state index contributed by atoms with van der Waals surface area (Å²) < 4.78 is 12.9. The highest BCUT2D eigenvalue weighted by molar-refractivity contribution is 9.10. The fourth-order valence-corrected chi connectivity index (χ4v) is 0.943. The lowest BCUT2D eigenvalue weighted by molar-refractivity contribution is 0.613. The topological polar surface area (TPSA) is 12.9 Å². The van der Waals surface area contributed by atoms with Gasteiger partial charge in [0.25, 0.3) is 0 Å². The van der Waals surface area contributed by atoms with E-state index < -0.39 is 0 Å². The van der Waals surface area contributed by atoms with E-state index in [-0.39, 0.29) is 22.8 Å². The second-order valence-electron chi connectivity index (χ2n) is 1.74. The van der Waals surface area contributed by atoms with Crippen LogP contribution in [-0.4, -0.2) is 4.98 Å². The number of nitrogens with zero attached hydrogens (tertiary/aromatic N) is 1. The van der Waals surface area contributed by atoms with Gasteiger partial charge >= 0.3 is 0 Å². The average Bonchev–Trinajstić information content (AvgIpc) is 1.80. The van der Waals surface area contributed by atoms with Crippen LogP contribution >= 0.6 is 32.9 Å². The number of aryl methyl sites for hydroxylation is 1. The molecule has 0 aliphatic rings. The molecule has 0 radical (unpaired) electrons. The fourth-order valence-electron chi connectivity index (χ4n) is 0.510. The molecule has 1 rings (SSSR count). The summed E-state index contributed by atoms with van der Waals surface area (Å²) in [4.78, 5) is 3.73. The standard InChI is InChI=1S/C6H5BrFN.BrH/c1-4-2-5(7)6(8)3-9-4;/h2-3H,1H3;1H. The van der Waals surface area contributed by atoms with Crippen LogP contribution in [0.25, 0.3) is 0 Å². The third-order valence-corrected chi connectivity index (χ3v) is 1.55. The lowest BCUT2D eigenvalue weighted by Crippen LogP contribution is -1.83. The van der Waals surface area contributed by atoms with E-state index in [4.69, 9.17) is 0 Å². The first kappa shape index (κ1) is 10.0. The molecular weight excluding hydrogens is 265 g/mol. The van der Waals surface area contributed by atoms with Crippen molar-refractivity contribution in [2.75, 3.05) is 0 Å². The number of hydrogen-bond acceptors (Lipinski definition) is 1. The van der Waals surface area contributed by atoms with E-state index in [2.05, 4.69) is 20.9 Å². The molecule has 1 aromatic heterocycles. The van der Waals surface area contributed by atoms with Crippen molar-refractivity contribution in [3.8, 4) is 0 Å².